The van der Waals surface area contributed by atoms with Crippen molar-refractivity contribution in [2.45, 2.75) is 17.1 Å². The maximum atomic E-state index is 10.9. The third-order valence-corrected chi connectivity index (χ3v) is 4.28. The predicted octanol–water partition coefficient (Wildman–Crippen LogP) is 3.69. The molecule has 2 aromatic carbocycles. The number of hydrogen-bond acceptors (Lipinski definition) is 4. The van der Waals surface area contributed by atoms with Crippen molar-refractivity contribution in [1.29, 1.82) is 0 Å². The Balaban J connectivity index is 2.26. The highest BCUT2D eigenvalue weighted by molar-refractivity contribution is 7.99. The van der Waals surface area contributed by atoms with Crippen molar-refractivity contribution in [2.75, 3.05) is 12.3 Å². The van der Waals surface area contributed by atoms with Gasteiger partial charge >= 0.3 is 0 Å². The highest BCUT2D eigenvalue weighted by Gasteiger charge is 2.20. The zero-order chi connectivity index (χ0) is 14.5. The van der Waals surface area contributed by atoms with E-state index in [0.717, 1.165) is 16.0 Å². The van der Waals surface area contributed by atoms with E-state index in [0.29, 0.717) is 5.69 Å². The number of hydrogen-bond donors (Lipinski definition) is 1. The van der Waals surface area contributed by atoms with Gasteiger partial charge in [0.05, 0.1) is 5.25 Å². The number of aryl methyl sites for hydroxylation is 1. The van der Waals surface area contributed by atoms with Crippen molar-refractivity contribution in [2.24, 2.45) is 0 Å². The summed E-state index contributed by atoms with van der Waals surface area (Å²) in [6.45, 7) is 1.87. The maximum Gasteiger partial charge on any atom is 0.220 e. The Labute approximate surface area is 122 Å². The first-order chi connectivity index (χ1) is 9.56. The van der Waals surface area contributed by atoms with Crippen molar-refractivity contribution in [3.8, 4) is 0 Å². The number of thioether (sulfide) groups is 1. The molecule has 0 aromatic heterocycles. The van der Waals surface area contributed by atoms with Gasteiger partial charge in [-0.2, -0.15) is 0 Å². The minimum Gasteiger partial charge on any atom is -0.398 e. The zero-order valence-corrected chi connectivity index (χ0v) is 12.0. The van der Waals surface area contributed by atoms with E-state index in [1.807, 2.05) is 49.4 Å². The van der Waals surface area contributed by atoms with E-state index in [9.17, 15) is 10.1 Å². The van der Waals surface area contributed by atoms with Crippen LogP contribution in [0.1, 0.15) is 16.4 Å². The monoisotopic (exact) mass is 288 g/mol. The molecule has 0 heterocycles. The summed E-state index contributed by atoms with van der Waals surface area (Å²) >= 11 is 1.44. The molecule has 0 unspecified atom stereocenters. The van der Waals surface area contributed by atoms with Gasteiger partial charge in [-0.05, 0) is 24.6 Å². The van der Waals surface area contributed by atoms with Gasteiger partial charge in [0.25, 0.3) is 0 Å². The van der Waals surface area contributed by atoms with Gasteiger partial charge in [0.2, 0.25) is 6.54 Å². The second-order valence-corrected chi connectivity index (χ2v) is 5.81. The van der Waals surface area contributed by atoms with E-state index in [1.165, 1.54) is 11.8 Å². The molecule has 104 valence electrons. The van der Waals surface area contributed by atoms with E-state index in [4.69, 9.17) is 5.73 Å². The Kier molecular flexibility index (Phi) is 4.63. The van der Waals surface area contributed by atoms with Crippen molar-refractivity contribution in [3.05, 3.63) is 69.8 Å². The van der Waals surface area contributed by atoms with Crippen LogP contribution in [0.25, 0.3) is 0 Å². The molecule has 0 aliphatic heterocycles. The first kappa shape index (κ1) is 14.4. The molecule has 0 fully saturated rings. The third-order valence-electron chi connectivity index (χ3n) is 2.95. The minimum absolute atomic E-state index is 0.123. The van der Waals surface area contributed by atoms with Gasteiger partial charge in [0.15, 0.2) is 0 Å². The van der Waals surface area contributed by atoms with Crippen LogP contribution in [0.2, 0.25) is 0 Å². The van der Waals surface area contributed by atoms with Crippen molar-refractivity contribution >= 4 is 17.4 Å². The number of anilines is 1. The number of benzene rings is 2. The summed E-state index contributed by atoms with van der Waals surface area (Å²) in [6.07, 6.45) is 0. The molecule has 0 aliphatic rings. The van der Waals surface area contributed by atoms with E-state index < -0.39 is 0 Å². The summed E-state index contributed by atoms with van der Waals surface area (Å²) in [5.41, 5.74) is 8.64. The zero-order valence-electron chi connectivity index (χ0n) is 11.2. The molecule has 0 amide bonds. The normalized spacial score (nSPS) is 12.1. The summed E-state index contributed by atoms with van der Waals surface area (Å²) in [7, 11) is 0. The lowest BCUT2D eigenvalue weighted by Gasteiger charge is -2.14. The average molecular weight is 288 g/mol. The quantitative estimate of drug-likeness (QED) is 0.394. The Bertz CT molecular complexity index is 599. The maximum absolute atomic E-state index is 10.9. The lowest BCUT2D eigenvalue weighted by atomic mass is 10.1. The molecule has 0 saturated heterocycles. The molecular weight excluding hydrogens is 272 g/mol. The van der Waals surface area contributed by atoms with Crippen molar-refractivity contribution in [3.63, 3.8) is 0 Å². The number of nitrogens with two attached hydrogens (primary N) is 1. The molecule has 20 heavy (non-hydrogen) atoms. The molecule has 0 spiro atoms. The molecule has 0 saturated carbocycles. The van der Waals surface area contributed by atoms with Crippen LogP contribution >= 0.6 is 11.8 Å². The lowest BCUT2D eigenvalue weighted by Crippen LogP contribution is -2.10. The second-order valence-electron chi connectivity index (χ2n) is 4.57. The van der Waals surface area contributed by atoms with Crippen LogP contribution in [0, 0.1) is 17.0 Å². The molecule has 1 atom stereocenters. The summed E-state index contributed by atoms with van der Waals surface area (Å²) < 4.78 is 0. The molecule has 4 nitrogen and oxygen atoms in total. The number of nitrogen functional groups attached to an aromatic ring is 1. The van der Waals surface area contributed by atoms with Crippen molar-refractivity contribution < 1.29 is 4.92 Å². The van der Waals surface area contributed by atoms with Gasteiger partial charge in [-0.25, -0.2) is 0 Å². The first-order valence-electron chi connectivity index (χ1n) is 6.26. The van der Waals surface area contributed by atoms with Crippen LogP contribution < -0.4 is 5.73 Å². The van der Waals surface area contributed by atoms with Crippen molar-refractivity contribution in [1.82, 2.24) is 0 Å². The van der Waals surface area contributed by atoms with Crippen LogP contribution in [0.15, 0.2) is 53.4 Å². The Hall–Kier alpha value is -2.01. The molecular formula is C15H16N2O2S. The Morgan fingerprint density at radius 2 is 1.85 bits per heavy atom. The van der Waals surface area contributed by atoms with E-state index in [-0.39, 0.29) is 16.7 Å². The van der Waals surface area contributed by atoms with Crippen LogP contribution in [-0.2, 0) is 0 Å². The molecule has 2 rings (SSSR count). The van der Waals surface area contributed by atoms with Gasteiger partial charge < -0.3 is 5.73 Å². The van der Waals surface area contributed by atoms with Gasteiger partial charge in [-0.1, -0.05) is 42.0 Å². The van der Waals surface area contributed by atoms with Gasteiger partial charge in [-0.15, -0.1) is 11.8 Å². The number of nitro groups is 1. The number of rotatable bonds is 5. The first-order valence-corrected chi connectivity index (χ1v) is 7.14. The second kappa shape index (κ2) is 6.43. The third kappa shape index (κ3) is 3.74. The van der Waals surface area contributed by atoms with Gasteiger partial charge in [0.1, 0.15) is 0 Å². The van der Waals surface area contributed by atoms with E-state index in [1.54, 1.807) is 6.07 Å². The van der Waals surface area contributed by atoms with Gasteiger partial charge in [0, 0.05) is 15.5 Å². The topological polar surface area (TPSA) is 69.2 Å². The number of nitrogens with zero attached hydrogens (tertiary/aromatic N) is 1. The van der Waals surface area contributed by atoms with Crippen LogP contribution in [0.4, 0.5) is 5.69 Å². The van der Waals surface area contributed by atoms with E-state index >= 15 is 0 Å². The summed E-state index contributed by atoms with van der Waals surface area (Å²) in [6, 6.07) is 15.3. The largest absolute Gasteiger partial charge is 0.398 e. The van der Waals surface area contributed by atoms with Crippen LogP contribution in [0.5, 0.6) is 0 Å². The highest BCUT2D eigenvalue weighted by atomic mass is 32.2. The Morgan fingerprint density at radius 3 is 2.45 bits per heavy atom. The van der Waals surface area contributed by atoms with E-state index in [2.05, 4.69) is 0 Å². The highest BCUT2D eigenvalue weighted by Crippen LogP contribution is 2.38. The van der Waals surface area contributed by atoms with Crippen LogP contribution in [-0.4, -0.2) is 11.5 Å². The summed E-state index contributed by atoms with van der Waals surface area (Å²) in [4.78, 5) is 11.5. The molecule has 0 bridgehead atoms. The lowest BCUT2D eigenvalue weighted by molar-refractivity contribution is -0.479. The fourth-order valence-electron chi connectivity index (χ4n) is 1.87. The SMILES string of the molecule is Cc1ccc([C@@H](C[N+](=O)[O-])Sc2ccccc2N)cc1. The molecule has 0 radical (unpaired) electrons. The molecule has 5 heteroatoms. The average Bonchev–Trinajstić information content (AvgIpc) is 2.41. The minimum atomic E-state index is -0.281. The molecule has 0 aliphatic carbocycles. The summed E-state index contributed by atoms with van der Waals surface area (Å²) in [5.74, 6) is 0. The number of para-hydroxylation sites is 1. The fraction of sp³-hybridized carbons (Fsp3) is 0.200. The van der Waals surface area contributed by atoms with Gasteiger partial charge in [-0.3, -0.25) is 10.1 Å². The summed E-state index contributed by atoms with van der Waals surface area (Å²) in [5, 5.41) is 10.6. The predicted molar refractivity (Wildman–Crippen MR) is 82.5 cm³/mol. The Morgan fingerprint density at radius 1 is 1.20 bits per heavy atom. The molecule has 2 aromatic rings. The smallest absolute Gasteiger partial charge is 0.220 e. The van der Waals surface area contributed by atoms with Crippen LogP contribution in [0.3, 0.4) is 0 Å². The standard InChI is InChI=1S/C15H16N2O2S/c1-11-6-8-12(9-7-11)15(10-17(18)19)20-14-5-3-2-4-13(14)16/h2-9,15H,10,16H2,1H3/t15-/m1/s1. The fourth-order valence-corrected chi connectivity index (χ4v) is 3.03. The molecule has 2 N–H and O–H groups in total.